The fourth-order valence-electron chi connectivity index (χ4n) is 1.23. The van der Waals surface area contributed by atoms with Crippen LogP contribution in [0, 0.1) is 5.41 Å². The average molecular weight is 255 g/mol. The highest BCUT2D eigenvalue weighted by molar-refractivity contribution is 6.00. The number of carbonyl (C=O) groups is 2. The van der Waals surface area contributed by atoms with Crippen molar-refractivity contribution in [2.24, 2.45) is 5.41 Å². The number of carbonyl (C=O) groups excluding carboxylic acids is 1. The van der Waals surface area contributed by atoms with Gasteiger partial charge in [-0.3, -0.25) is 9.59 Å². The van der Waals surface area contributed by atoms with Crippen molar-refractivity contribution in [3.8, 4) is 0 Å². The van der Waals surface area contributed by atoms with Gasteiger partial charge in [0.2, 0.25) is 5.91 Å². The maximum Gasteiger partial charge on any atom is 0.406 e. The molecular formula is C10H16F3NO3. The van der Waals surface area contributed by atoms with Gasteiger partial charge < -0.3 is 10.0 Å². The molecule has 0 rings (SSSR count). The molecule has 0 unspecified atom stereocenters. The molecule has 0 aliphatic heterocycles. The summed E-state index contributed by atoms with van der Waals surface area (Å²) < 4.78 is 36.7. The van der Waals surface area contributed by atoms with E-state index in [0.717, 1.165) is 13.8 Å². The van der Waals surface area contributed by atoms with E-state index in [1.165, 1.54) is 0 Å². The number of hydrogen-bond acceptors (Lipinski definition) is 2. The molecule has 4 nitrogen and oxygen atoms in total. The zero-order valence-electron chi connectivity index (χ0n) is 9.97. The molecule has 0 aromatic heterocycles. The predicted octanol–water partition coefficient (Wildman–Crippen LogP) is 1.90. The summed E-state index contributed by atoms with van der Waals surface area (Å²) >= 11 is 0. The largest absolute Gasteiger partial charge is 0.480 e. The van der Waals surface area contributed by atoms with E-state index in [2.05, 4.69) is 0 Å². The number of amides is 1. The van der Waals surface area contributed by atoms with Crippen molar-refractivity contribution in [1.29, 1.82) is 0 Å². The zero-order valence-corrected chi connectivity index (χ0v) is 9.97. The molecule has 0 saturated heterocycles. The Hall–Kier alpha value is -1.27. The SMILES string of the molecule is CCCN(CC(F)(F)F)C(=O)C(C)(C)C(=O)O. The third-order valence-corrected chi connectivity index (χ3v) is 2.22. The normalized spacial score (nSPS) is 12.4. The Labute approximate surface area is 97.4 Å². The Morgan fingerprint density at radius 3 is 2.00 bits per heavy atom. The summed E-state index contributed by atoms with van der Waals surface area (Å²) in [4.78, 5) is 23.1. The van der Waals surface area contributed by atoms with Crippen molar-refractivity contribution in [2.45, 2.75) is 33.4 Å². The van der Waals surface area contributed by atoms with E-state index in [-0.39, 0.29) is 6.54 Å². The predicted molar refractivity (Wildman–Crippen MR) is 54.3 cm³/mol. The van der Waals surface area contributed by atoms with Gasteiger partial charge in [-0.15, -0.1) is 0 Å². The number of carboxylic acids is 1. The summed E-state index contributed by atoms with van der Waals surface area (Å²) in [5.74, 6) is -2.46. The van der Waals surface area contributed by atoms with Crippen LogP contribution in [-0.2, 0) is 9.59 Å². The quantitative estimate of drug-likeness (QED) is 0.763. The van der Waals surface area contributed by atoms with Crippen LogP contribution < -0.4 is 0 Å². The summed E-state index contributed by atoms with van der Waals surface area (Å²) in [6.07, 6.45) is -4.20. The number of rotatable bonds is 5. The first-order valence-corrected chi connectivity index (χ1v) is 5.12. The second kappa shape index (κ2) is 5.37. The number of hydrogen-bond donors (Lipinski definition) is 1. The molecule has 0 fully saturated rings. The molecule has 1 N–H and O–H groups in total. The molecule has 100 valence electrons. The molecule has 0 aromatic rings. The highest BCUT2D eigenvalue weighted by Crippen LogP contribution is 2.23. The maximum absolute atomic E-state index is 12.2. The lowest BCUT2D eigenvalue weighted by atomic mass is 9.91. The maximum atomic E-state index is 12.2. The standard InChI is InChI=1S/C10H16F3NO3/c1-4-5-14(6-10(11,12)13)7(15)9(2,3)8(16)17/h4-6H2,1-3H3,(H,16,17). The van der Waals surface area contributed by atoms with Crippen molar-refractivity contribution in [3.05, 3.63) is 0 Å². The third-order valence-electron chi connectivity index (χ3n) is 2.22. The van der Waals surface area contributed by atoms with E-state index in [4.69, 9.17) is 5.11 Å². The summed E-state index contributed by atoms with van der Waals surface area (Å²) in [7, 11) is 0. The Morgan fingerprint density at radius 2 is 1.71 bits per heavy atom. The second-order valence-electron chi connectivity index (χ2n) is 4.27. The minimum Gasteiger partial charge on any atom is -0.480 e. The zero-order chi connectivity index (χ0) is 13.9. The first-order valence-electron chi connectivity index (χ1n) is 5.12. The highest BCUT2D eigenvalue weighted by atomic mass is 19.4. The minimum atomic E-state index is -4.53. The van der Waals surface area contributed by atoms with Crippen molar-refractivity contribution in [2.75, 3.05) is 13.1 Å². The van der Waals surface area contributed by atoms with Crippen molar-refractivity contribution in [3.63, 3.8) is 0 Å². The Morgan fingerprint density at radius 1 is 1.24 bits per heavy atom. The van der Waals surface area contributed by atoms with Crippen LogP contribution in [0.25, 0.3) is 0 Å². The Balaban J connectivity index is 4.95. The fraction of sp³-hybridized carbons (Fsp3) is 0.800. The van der Waals surface area contributed by atoms with Gasteiger partial charge >= 0.3 is 12.1 Å². The van der Waals surface area contributed by atoms with Gasteiger partial charge in [0.25, 0.3) is 0 Å². The molecule has 0 aromatic carbocycles. The molecular weight excluding hydrogens is 239 g/mol. The number of alkyl halides is 3. The second-order valence-corrected chi connectivity index (χ2v) is 4.27. The molecule has 0 saturated carbocycles. The number of nitrogens with zero attached hydrogens (tertiary/aromatic N) is 1. The van der Waals surface area contributed by atoms with Gasteiger partial charge in [-0.1, -0.05) is 6.92 Å². The molecule has 0 atom stereocenters. The highest BCUT2D eigenvalue weighted by Gasteiger charge is 2.42. The van der Waals surface area contributed by atoms with Crippen LogP contribution >= 0.6 is 0 Å². The van der Waals surface area contributed by atoms with Gasteiger partial charge in [-0.2, -0.15) is 13.2 Å². The van der Waals surface area contributed by atoms with Crippen LogP contribution in [0.5, 0.6) is 0 Å². The lowest BCUT2D eigenvalue weighted by Crippen LogP contribution is -2.48. The van der Waals surface area contributed by atoms with E-state index in [9.17, 15) is 22.8 Å². The van der Waals surface area contributed by atoms with Crippen molar-refractivity contribution in [1.82, 2.24) is 4.90 Å². The third kappa shape index (κ3) is 4.62. The van der Waals surface area contributed by atoms with Crippen LogP contribution in [0.3, 0.4) is 0 Å². The minimum absolute atomic E-state index is 0.116. The van der Waals surface area contributed by atoms with Crippen LogP contribution in [0.15, 0.2) is 0 Å². The van der Waals surface area contributed by atoms with Gasteiger partial charge in [-0.05, 0) is 20.3 Å². The van der Waals surface area contributed by atoms with E-state index < -0.39 is 30.0 Å². The Bertz CT molecular complexity index is 300. The first-order chi connectivity index (χ1) is 7.52. The smallest absolute Gasteiger partial charge is 0.406 e. The summed E-state index contributed by atoms with van der Waals surface area (Å²) in [6, 6.07) is 0. The van der Waals surface area contributed by atoms with Crippen LogP contribution in [0.2, 0.25) is 0 Å². The first kappa shape index (κ1) is 15.7. The molecule has 0 spiro atoms. The molecule has 0 heterocycles. The van der Waals surface area contributed by atoms with Gasteiger partial charge in [0, 0.05) is 6.54 Å². The molecule has 17 heavy (non-hydrogen) atoms. The van der Waals surface area contributed by atoms with Gasteiger partial charge in [-0.25, -0.2) is 0 Å². The van der Waals surface area contributed by atoms with Gasteiger partial charge in [0.05, 0.1) is 0 Å². The van der Waals surface area contributed by atoms with Crippen LogP contribution in [0.1, 0.15) is 27.2 Å². The number of carboxylic acid groups (broad SMARTS) is 1. The molecule has 0 radical (unpaired) electrons. The van der Waals surface area contributed by atoms with E-state index in [0.29, 0.717) is 11.3 Å². The molecule has 7 heteroatoms. The molecule has 0 bridgehead atoms. The van der Waals surface area contributed by atoms with E-state index in [1.54, 1.807) is 6.92 Å². The summed E-state index contributed by atoms with van der Waals surface area (Å²) in [6.45, 7) is 2.27. The molecule has 0 aliphatic carbocycles. The lowest BCUT2D eigenvalue weighted by Gasteiger charge is -2.29. The number of halogens is 3. The fourth-order valence-corrected chi connectivity index (χ4v) is 1.23. The van der Waals surface area contributed by atoms with Crippen LogP contribution in [0.4, 0.5) is 13.2 Å². The van der Waals surface area contributed by atoms with Gasteiger partial charge in [0.15, 0.2) is 0 Å². The summed E-state index contributed by atoms with van der Waals surface area (Å²) in [5, 5.41) is 8.80. The van der Waals surface area contributed by atoms with Gasteiger partial charge in [0.1, 0.15) is 12.0 Å². The van der Waals surface area contributed by atoms with E-state index >= 15 is 0 Å². The van der Waals surface area contributed by atoms with Crippen molar-refractivity contribution >= 4 is 11.9 Å². The number of aliphatic carboxylic acids is 1. The van der Waals surface area contributed by atoms with Crippen LogP contribution in [-0.4, -0.2) is 41.1 Å². The lowest BCUT2D eigenvalue weighted by molar-refractivity contribution is -0.172. The average Bonchev–Trinajstić information content (AvgIpc) is 2.13. The molecule has 1 amide bonds. The van der Waals surface area contributed by atoms with E-state index in [1.807, 2.05) is 0 Å². The van der Waals surface area contributed by atoms with Crippen molar-refractivity contribution < 1.29 is 27.9 Å². The monoisotopic (exact) mass is 255 g/mol. The molecule has 0 aliphatic rings. The topological polar surface area (TPSA) is 57.6 Å². The summed E-state index contributed by atoms with van der Waals surface area (Å²) in [5.41, 5.74) is -1.85. The Kier molecular flexibility index (Phi) is 4.97.